The summed E-state index contributed by atoms with van der Waals surface area (Å²) >= 11 is 0. The average Bonchev–Trinajstić information content (AvgIpc) is 2.28. The van der Waals surface area contributed by atoms with Crippen molar-refractivity contribution in [2.45, 2.75) is 11.1 Å². The fourth-order valence-corrected chi connectivity index (χ4v) is 1.96. The number of hydrogen-bond acceptors (Lipinski definition) is 4. The highest BCUT2D eigenvalue weighted by Crippen LogP contribution is 2.27. The first kappa shape index (κ1) is 17.9. The monoisotopic (exact) mass is 354 g/mol. The Morgan fingerprint density at radius 2 is 1.62 bits per heavy atom. The molecule has 0 spiro atoms. The molecule has 0 unspecified atom stereocenters. The van der Waals surface area contributed by atoms with Gasteiger partial charge in [-0.25, -0.2) is 17.2 Å². The van der Waals surface area contributed by atoms with Gasteiger partial charge in [-0.05, 0) is 12.1 Å². The second kappa shape index (κ2) is 6.75. The Hall–Kier alpha value is -1.13. The minimum Gasteiger partial charge on any atom is -0.485 e. The van der Waals surface area contributed by atoms with Crippen LogP contribution in [0.5, 0.6) is 5.75 Å². The lowest BCUT2D eigenvalue weighted by Crippen LogP contribution is -2.19. The van der Waals surface area contributed by atoms with Gasteiger partial charge in [0.1, 0.15) is 13.2 Å². The molecule has 0 aliphatic heterocycles. The van der Waals surface area contributed by atoms with Gasteiger partial charge in [0.15, 0.2) is 17.4 Å². The molecule has 0 bridgehead atoms. The van der Waals surface area contributed by atoms with Crippen LogP contribution in [0.4, 0.5) is 22.0 Å². The van der Waals surface area contributed by atoms with E-state index in [9.17, 15) is 30.4 Å². The Kier molecular flexibility index (Phi) is 5.76. The molecule has 0 aromatic heterocycles. The van der Waals surface area contributed by atoms with Crippen molar-refractivity contribution in [3.05, 3.63) is 23.8 Å². The molecule has 0 atom stereocenters. The standard InChI is InChI=1S/C10H8ClF5O4S/c11-21(17,18)6-3-7(12)9(8(13)4-6)20-2-1-19-5-10(14,15)16/h3-4H,1-2,5H2. The topological polar surface area (TPSA) is 52.6 Å². The van der Waals surface area contributed by atoms with Crippen molar-refractivity contribution in [1.82, 2.24) is 0 Å². The Balaban J connectivity index is 2.65. The van der Waals surface area contributed by atoms with Crippen LogP contribution in [-0.2, 0) is 13.8 Å². The summed E-state index contributed by atoms with van der Waals surface area (Å²) in [5.74, 6) is -3.65. The van der Waals surface area contributed by atoms with E-state index in [-0.39, 0.29) is 0 Å². The number of hydrogen-bond donors (Lipinski definition) is 0. The fourth-order valence-electron chi connectivity index (χ4n) is 1.21. The molecule has 0 radical (unpaired) electrons. The van der Waals surface area contributed by atoms with Gasteiger partial charge < -0.3 is 9.47 Å². The number of rotatable bonds is 6. The third-order valence-corrected chi connectivity index (χ3v) is 3.33. The predicted molar refractivity (Wildman–Crippen MR) is 61.8 cm³/mol. The molecule has 11 heteroatoms. The van der Waals surface area contributed by atoms with E-state index in [4.69, 9.17) is 10.7 Å². The van der Waals surface area contributed by atoms with Crippen LogP contribution in [0.1, 0.15) is 0 Å². The first-order valence-electron chi connectivity index (χ1n) is 5.22. The van der Waals surface area contributed by atoms with Gasteiger partial charge in [0.05, 0.1) is 11.5 Å². The van der Waals surface area contributed by atoms with E-state index in [0.717, 1.165) is 0 Å². The maximum Gasteiger partial charge on any atom is 0.411 e. The van der Waals surface area contributed by atoms with E-state index >= 15 is 0 Å². The summed E-state index contributed by atoms with van der Waals surface area (Å²) in [5.41, 5.74) is 0. The van der Waals surface area contributed by atoms with Gasteiger partial charge >= 0.3 is 6.18 Å². The molecule has 0 amide bonds. The van der Waals surface area contributed by atoms with E-state index in [1.807, 2.05) is 0 Å². The highest BCUT2D eigenvalue weighted by molar-refractivity contribution is 8.13. The molecule has 1 rings (SSSR count). The average molecular weight is 355 g/mol. The Morgan fingerprint density at radius 3 is 2.05 bits per heavy atom. The van der Waals surface area contributed by atoms with Crippen molar-refractivity contribution in [2.24, 2.45) is 0 Å². The Labute approximate surface area is 120 Å². The molecule has 1 aromatic rings. The van der Waals surface area contributed by atoms with E-state index in [1.54, 1.807) is 0 Å². The fraction of sp³-hybridized carbons (Fsp3) is 0.400. The van der Waals surface area contributed by atoms with Crippen LogP contribution in [-0.4, -0.2) is 34.4 Å². The molecule has 0 aliphatic rings. The molecule has 0 saturated heterocycles. The van der Waals surface area contributed by atoms with E-state index in [0.29, 0.717) is 12.1 Å². The molecule has 120 valence electrons. The molecule has 0 saturated carbocycles. The zero-order valence-electron chi connectivity index (χ0n) is 10.1. The van der Waals surface area contributed by atoms with Crippen LogP contribution in [0, 0.1) is 11.6 Å². The molecule has 4 nitrogen and oxygen atoms in total. The molecule has 0 aliphatic carbocycles. The Bertz CT molecular complexity index is 579. The van der Waals surface area contributed by atoms with Crippen LogP contribution >= 0.6 is 10.7 Å². The van der Waals surface area contributed by atoms with Gasteiger partial charge in [0.25, 0.3) is 9.05 Å². The predicted octanol–water partition coefficient (Wildman–Crippen LogP) is 2.85. The van der Waals surface area contributed by atoms with Gasteiger partial charge in [0.2, 0.25) is 0 Å². The molecule has 0 fully saturated rings. The highest BCUT2D eigenvalue weighted by Gasteiger charge is 2.27. The summed E-state index contributed by atoms with van der Waals surface area (Å²) in [6.07, 6.45) is -4.52. The SMILES string of the molecule is O=S(=O)(Cl)c1cc(F)c(OCCOCC(F)(F)F)c(F)c1. The zero-order chi connectivity index (χ0) is 16.3. The highest BCUT2D eigenvalue weighted by atomic mass is 35.7. The van der Waals surface area contributed by atoms with Crippen LogP contribution in [0.15, 0.2) is 17.0 Å². The molecule has 0 heterocycles. The third kappa shape index (κ3) is 6.02. The van der Waals surface area contributed by atoms with E-state index in [2.05, 4.69) is 9.47 Å². The summed E-state index contributed by atoms with van der Waals surface area (Å²) < 4.78 is 92.6. The van der Waals surface area contributed by atoms with Gasteiger partial charge in [-0.1, -0.05) is 0 Å². The van der Waals surface area contributed by atoms with Crippen molar-refractivity contribution < 1.29 is 39.8 Å². The summed E-state index contributed by atoms with van der Waals surface area (Å²) in [4.78, 5) is -0.806. The van der Waals surface area contributed by atoms with Crippen molar-refractivity contribution in [1.29, 1.82) is 0 Å². The third-order valence-electron chi connectivity index (χ3n) is 1.99. The van der Waals surface area contributed by atoms with Crippen molar-refractivity contribution in [3.8, 4) is 5.75 Å². The normalized spacial score (nSPS) is 12.5. The maximum absolute atomic E-state index is 13.4. The molecule has 1 aromatic carbocycles. The lowest BCUT2D eigenvalue weighted by Gasteiger charge is -2.10. The summed E-state index contributed by atoms with van der Waals surface area (Å²) in [6, 6.07) is 0.856. The summed E-state index contributed by atoms with van der Waals surface area (Å²) in [5, 5.41) is 0. The first-order chi connectivity index (χ1) is 9.50. The zero-order valence-corrected chi connectivity index (χ0v) is 11.7. The first-order valence-corrected chi connectivity index (χ1v) is 7.52. The van der Waals surface area contributed by atoms with Crippen LogP contribution in [0.2, 0.25) is 0 Å². The van der Waals surface area contributed by atoms with E-state index < -0.39 is 57.3 Å². The number of halogens is 6. The van der Waals surface area contributed by atoms with Crippen LogP contribution in [0.25, 0.3) is 0 Å². The quantitative estimate of drug-likeness (QED) is 0.448. The summed E-state index contributed by atoms with van der Waals surface area (Å²) in [7, 11) is 0.592. The van der Waals surface area contributed by atoms with Gasteiger partial charge in [0, 0.05) is 10.7 Å². The van der Waals surface area contributed by atoms with Gasteiger partial charge in [-0.3, -0.25) is 0 Å². The van der Waals surface area contributed by atoms with Crippen molar-refractivity contribution >= 4 is 19.7 Å². The van der Waals surface area contributed by atoms with Crippen molar-refractivity contribution in [2.75, 3.05) is 19.8 Å². The smallest absolute Gasteiger partial charge is 0.411 e. The van der Waals surface area contributed by atoms with Gasteiger partial charge in [-0.15, -0.1) is 0 Å². The molecule has 21 heavy (non-hydrogen) atoms. The van der Waals surface area contributed by atoms with E-state index in [1.165, 1.54) is 0 Å². The molecule has 0 N–H and O–H groups in total. The maximum atomic E-state index is 13.4. The van der Waals surface area contributed by atoms with Crippen molar-refractivity contribution in [3.63, 3.8) is 0 Å². The Morgan fingerprint density at radius 1 is 1.10 bits per heavy atom. The number of ether oxygens (including phenoxy) is 2. The minimum atomic E-state index is -4.52. The van der Waals surface area contributed by atoms with Gasteiger partial charge in [-0.2, -0.15) is 13.2 Å². The van der Waals surface area contributed by atoms with Crippen LogP contribution < -0.4 is 4.74 Å². The largest absolute Gasteiger partial charge is 0.485 e. The molecular weight excluding hydrogens is 347 g/mol. The number of benzene rings is 1. The minimum absolute atomic E-state index is 0.428. The molecular formula is C10H8ClF5O4S. The summed E-state index contributed by atoms with van der Waals surface area (Å²) in [6.45, 7) is -2.64. The lowest BCUT2D eigenvalue weighted by molar-refractivity contribution is -0.175. The second-order valence-electron chi connectivity index (χ2n) is 3.67. The lowest BCUT2D eigenvalue weighted by atomic mass is 10.3. The van der Waals surface area contributed by atoms with Crippen LogP contribution in [0.3, 0.4) is 0 Å². The second-order valence-corrected chi connectivity index (χ2v) is 6.24. The number of alkyl halides is 3.